The van der Waals surface area contributed by atoms with Gasteiger partial charge in [-0.15, -0.1) is 0 Å². The first-order valence-corrected chi connectivity index (χ1v) is 9.00. The molecule has 1 fully saturated rings. The zero-order valence-electron chi connectivity index (χ0n) is 13.5. The van der Waals surface area contributed by atoms with Crippen LogP contribution in [0.1, 0.15) is 31.2 Å². The van der Waals surface area contributed by atoms with Crippen LogP contribution < -0.4 is 5.32 Å². The quantitative estimate of drug-likeness (QED) is 0.700. The van der Waals surface area contributed by atoms with Crippen molar-refractivity contribution in [3.63, 3.8) is 0 Å². The van der Waals surface area contributed by atoms with Crippen LogP contribution in [0.2, 0.25) is 0 Å². The molecule has 0 heterocycles. The fourth-order valence-electron chi connectivity index (χ4n) is 3.42. The van der Waals surface area contributed by atoms with E-state index < -0.39 is 11.2 Å². The Labute approximate surface area is 148 Å². The number of hydrogen-bond donors (Lipinski definition) is 1. The standard InChI is InChI=1S/C19H18F3NOS/c20-16-6-2-1-5-15(16)19(11-3-4-12-19)17(24)23-13-7-9-14(10-8-13)25-18(21)22/h1-2,5-10,18H,3-4,11-12H2,(H,23,24). The molecule has 1 aliphatic rings. The zero-order valence-corrected chi connectivity index (χ0v) is 14.3. The maximum absolute atomic E-state index is 14.3. The molecule has 0 atom stereocenters. The van der Waals surface area contributed by atoms with Gasteiger partial charge in [-0.05, 0) is 43.2 Å². The van der Waals surface area contributed by atoms with Crippen molar-refractivity contribution < 1.29 is 18.0 Å². The number of benzene rings is 2. The molecule has 1 aliphatic carbocycles. The fraction of sp³-hybridized carbons (Fsp3) is 0.316. The van der Waals surface area contributed by atoms with Gasteiger partial charge in [-0.2, -0.15) is 8.78 Å². The Hall–Kier alpha value is -1.95. The highest BCUT2D eigenvalue weighted by atomic mass is 32.2. The summed E-state index contributed by atoms with van der Waals surface area (Å²) in [4.78, 5) is 13.4. The maximum atomic E-state index is 14.3. The predicted octanol–water partition coefficient (Wildman–Crippen LogP) is 5.59. The molecule has 0 radical (unpaired) electrons. The first-order valence-electron chi connectivity index (χ1n) is 8.13. The van der Waals surface area contributed by atoms with Gasteiger partial charge >= 0.3 is 0 Å². The first-order chi connectivity index (χ1) is 12.0. The summed E-state index contributed by atoms with van der Waals surface area (Å²) in [6.07, 6.45) is 2.93. The van der Waals surface area contributed by atoms with E-state index in [2.05, 4.69) is 5.32 Å². The molecule has 0 unspecified atom stereocenters. The highest BCUT2D eigenvalue weighted by Gasteiger charge is 2.44. The second kappa shape index (κ2) is 7.52. The highest BCUT2D eigenvalue weighted by Crippen LogP contribution is 2.43. The lowest BCUT2D eigenvalue weighted by Crippen LogP contribution is -2.38. The average Bonchev–Trinajstić information content (AvgIpc) is 3.07. The Morgan fingerprint density at radius 3 is 2.28 bits per heavy atom. The summed E-state index contributed by atoms with van der Waals surface area (Å²) in [7, 11) is 0. The number of rotatable bonds is 5. The molecule has 1 amide bonds. The molecule has 0 spiro atoms. The maximum Gasteiger partial charge on any atom is 0.288 e. The Kier molecular flexibility index (Phi) is 5.37. The lowest BCUT2D eigenvalue weighted by Gasteiger charge is -2.28. The van der Waals surface area contributed by atoms with Crippen LogP contribution in [0.3, 0.4) is 0 Å². The summed E-state index contributed by atoms with van der Waals surface area (Å²) in [5.74, 6) is -3.10. The van der Waals surface area contributed by atoms with Crippen LogP contribution in [0.15, 0.2) is 53.4 Å². The van der Waals surface area contributed by atoms with Gasteiger partial charge < -0.3 is 5.32 Å². The Bertz CT molecular complexity index is 743. The van der Waals surface area contributed by atoms with E-state index in [0.717, 1.165) is 12.8 Å². The minimum Gasteiger partial charge on any atom is -0.325 e. The van der Waals surface area contributed by atoms with Gasteiger partial charge in [0, 0.05) is 16.1 Å². The van der Waals surface area contributed by atoms with E-state index in [-0.39, 0.29) is 11.7 Å². The van der Waals surface area contributed by atoms with E-state index in [1.165, 1.54) is 18.2 Å². The smallest absolute Gasteiger partial charge is 0.288 e. The number of nitrogens with one attached hydrogen (secondary N) is 1. The molecule has 0 bridgehead atoms. The van der Waals surface area contributed by atoms with E-state index in [1.807, 2.05) is 0 Å². The van der Waals surface area contributed by atoms with Gasteiger partial charge in [-0.25, -0.2) is 4.39 Å². The number of hydrogen-bond acceptors (Lipinski definition) is 2. The van der Waals surface area contributed by atoms with Gasteiger partial charge in [0.05, 0.1) is 5.41 Å². The van der Waals surface area contributed by atoms with Crippen LogP contribution >= 0.6 is 11.8 Å². The fourth-order valence-corrected chi connectivity index (χ4v) is 3.92. The molecule has 0 aromatic heterocycles. The van der Waals surface area contributed by atoms with Crippen molar-refractivity contribution in [2.45, 2.75) is 41.8 Å². The molecular formula is C19H18F3NOS. The third-order valence-electron chi connectivity index (χ3n) is 4.62. The van der Waals surface area contributed by atoms with Gasteiger partial charge in [-0.1, -0.05) is 42.8 Å². The zero-order chi connectivity index (χ0) is 17.9. The number of alkyl halides is 2. The summed E-state index contributed by atoms with van der Waals surface area (Å²) in [5, 5.41) is 2.83. The molecule has 0 saturated heterocycles. The van der Waals surface area contributed by atoms with Crippen LogP contribution in [0.5, 0.6) is 0 Å². The van der Waals surface area contributed by atoms with Crippen molar-refractivity contribution in [2.24, 2.45) is 0 Å². The molecule has 132 valence electrons. The normalized spacial score (nSPS) is 16.2. The summed E-state index contributed by atoms with van der Waals surface area (Å²) < 4.78 is 39.0. The molecule has 2 nitrogen and oxygen atoms in total. The lowest BCUT2D eigenvalue weighted by molar-refractivity contribution is -0.121. The summed E-state index contributed by atoms with van der Waals surface area (Å²) >= 11 is 0.454. The molecule has 6 heteroatoms. The Balaban J connectivity index is 1.81. The van der Waals surface area contributed by atoms with Gasteiger partial charge in [0.15, 0.2) is 0 Å². The number of carbonyl (C=O) groups excluding carboxylic acids is 1. The van der Waals surface area contributed by atoms with E-state index in [1.54, 1.807) is 30.3 Å². The van der Waals surface area contributed by atoms with Crippen LogP contribution in [0, 0.1) is 5.82 Å². The summed E-state index contributed by atoms with van der Waals surface area (Å²) in [6.45, 7) is 0. The minimum atomic E-state index is -2.48. The second-order valence-corrected chi connectivity index (χ2v) is 7.19. The van der Waals surface area contributed by atoms with Crippen molar-refractivity contribution in [2.75, 3.05) is 5.32 Å². The van der Waals surface area contributed by atoms with E-state index >= 15 is 0 Å². The van der Waals surface area contributed by atoms with E-state index in [0.29, 0.717) is 40.7 Å². The highest BCUT2D eigenvalue weighted by molar-refractivity contribution is 7.99. The van der Waals surface area contributed by atoms with Crippen molar-refractivity contribution in [3.05, 3.63) is 59.9 Å². The lowest BCUT2D eigenvalue weighted by atomic mass is 9.77. The monoisotopic (exact) mass is 365 g/mol. The van der Waals surface area contributed by atoms with Gasteiger partial charge in [0.2, 0.25) is 5.91 Å². The SMILES string of the molecule is O=C(Nc1ccc(SC(F)F)cc1)C1(c2ccccc2F)CCCC1. The molecule has 1 N–H and O–H groups in total. The summed E-state index contributed by atoms with van der Waals surface area (Å²) in [5.41, 5.74) is 0.0722. The number of halogens is 3. The van der Waals surface area contributed by atoms with E-state index in [9.17, 15) is 18.0 Å². The number of amides is 1. The van der Waals surface area contributed by atoms with Crippen LogP contribution in [0.4, 0.5) is 18.9 Å². The molecule has 3 rings (SSSR count). The van der Waals surface area contributed by atoms with Crippen LogP contribution in [-0.2, 0) is 10.2 Å². The third kappa shape index (κ3) is 3.84. The Morgan fingerprint density at radius 2 is 1.68 bits per heavy atom. The van der Waals surface area contributed by atoms with Gasteiger partial charge in [0.25, 0.3) is 5.76 Å². The van der Waals surface area contributed by atoms with Gasteiger partial charge in [-0.3, -0.25) is 4.79 Å². The molecule has 1 saturated carbocycles. The minimum absolute atomic E-state index is 0.246. The predicted molar refractivity (Wildman–Crippen MR) is 93.5 cm³/mol. The topological polar surface area (TPSA) is 29.1 Å². The molecule has 2 aromatic carbocycles. The molecule has 25 heavy (non-hydrogen) atoms. The number of carbonyl (C=O) groups is 1. The number of thioether (sulfide) groups is 1. The Morgan fingerprint density at radius 1 is 1.04 bits per heavy atom. The largest absolute Gasteiger partial charge is 0.325 e. The van der Waals surface area contributed by atoms with Crippen molar-refractivity contribution in [3.8, 4) is 0 Å². The first kappa shape index (κ1) is 17.9. The van der Waals surface area contributed by atoms with Crippen molar-refractivity contribution in [1.29, 1.82) is 0 Å². The van der Waals surface area contributed by atoms with E-state index in [4.69, 9.17) is 0 Å². The molecule has 0 aliphatic heterocycles. The van der Waals surface area contributed by atoms with Crippen LogP contribution in [-0.4, -0.2) is 11.7 Å². The molecule has 2 aromatic rings. The number of anilines is 1. The summed E-state index contributed by atoms with van der Waals surface area (Å²) in [6, 6.07) is 12.6. The van der Waals surface area contributed by atoms with Crippen molar-refractivity contribution >= 4 is 23.4 Å². The van der Waals surface area contributed by atoms with Crippen molar-refractivity contribution in [1.82, 2.24) is 0 Å². The average molecular weight is 365 g/mol. The second-order valence-electron chi connectivity index (χ2n) is 6.13. The third-order valence-corrected chi connectivity index (χ3v) is 5.34. The molecular weight excluding hydrogens is 347 g/mol. The van der Waals surface area contributed by atoms with Gasteiger partial charge in [0.1, 0.15) is 5.82 Å². The van der Waals surface area contributed by atoms with Crippen LogP contribution in [0.25, 0.3) is 0 Å².